The Hall–Kier alpha value is -1.10. The molecule has 0 saturated heterocycles. The maximum absolute atomic E-state index is 5.59. The molecule has 0 unspecified atom stereocenters. The van der Waals surface area contributed by atoms with Crippen LogP contribution in [0.25, 0.3) is 0 Å². The van der Waals surface area contributed by atoms with Gasteiger partial charge in [0.2, 0.25) is 0 Å². The summed E-state index contributed by atoms with van der Waals surface area (Å²) in [5, 5.41) is 0. The Labute approximate surface area is 96.3 Å². The van der Waals surface area contributed by atoms with Gasteiger partial charge in [-0.15, -0.1) is 0 Å². The Morgan fingerprint density at radius 1 is 1.19 bits per heavy atom. The summed E-state index contributed by atoms with van der Waals surface area (Å²) in [6, 6.07) is 5.92. The number of benzene rings is 1. The molecular formula is C12H19NO3. The van der Waals surface area contributed by atoms with Crippen LogP contribution in [0.15, 0.2) is 18.2 Å². The Morgan fingerprint density at radius 2 is 2.00 bits per heavy atom. The van der Waals surface area contributed by atoms with Crippen LogP contribution in [0.1, 0.15) is 11.1 Å². The van der Waals surface area contributed by atoms with Gasteiger partial charge in [0.05, 0.1) is 26.9 Å². The number of rotatable bonds is 7. The molecule has 1 rings (SSSR count). The van der Waals surface area contributed by atoms with Crippen molar-refractivity contribution < 1.29 is 14.2 Å². The first-order valence-corrected chi connectivity index (χ1v) is 5.24. The lowest BCUT2D eigenvalue weighted by molar-refractivity contribution is 0.0616. The van der Waals surface area contributed by atoms with Crippen LogP contribution in [0.4, 0.5) is 0 Å². The molecule has 0 aliphatic carbocycles. The molecule has 1 aromatic rings. The van der Waals surface area contributed by atoms with Crippen molar-refractivity contribution in [2.24, 2.45) is 5.73 Å². The molecule has 0 radical (unpaired) electrons. The van der Waals surface area contributed by atoms with Gasteiger partial charge < -0.3 is 19.9 Å². The fourth-order valence-corrected chi connectivity index (χ4v) is 1.38. The first-order valence-electron chi connectivity index (χ1n) is 5.24. The van der Waals surface area contributed by atoms with E-state index in [4.69, 9.17) is 19.9 Å². The Balaban J connectivity index is 2.54. The molecule has 90 valence electrons. The molecule has 0 bridgehead atoms. The van der Waals surface area contributed by atoms with Crippen LogP contribution >= 0.6 is 0 Å². The Kier molecular flexibility index (Phi) is 5.85. The van der Waals surface area contributed by atoms with Crippen LogP contribution in [0.2, 0.25) is 0 Å². The normalized spacial score (nSPS) is 10.4. The largest absolute Gasteiger partial charge is 0.496 e. The van der Waals surface area contributed by atoms with Crippen LogP contribution in [-0.4, -0.2) is 27.4 Å². The molecule has 4 nitrogen and oxygen atoms in total. The van der Waals surface area contributed by atoms with Gasteiger partial charge in [-0.05, 0) is 11.6 Å². The standard InChI is InChI=1S/C12H19NO3/c1-14-5-6-16-9-10-3-4-11(8-13)12(7-10)15-2/h3-4,7H,5-6,8-9,13H2,1-2H3. The molecule has 0 aromatic heterocycles. The first kappa shape index (κ1) is 13.0. The average Bonchev–Trinajstić information content (AvgIpc) is 2.34. The third kappa shape index (κ3) is 3.81. The van der Waals surface area contributed by atoms with Gasteiger partial charge in [0, 0.05) is 19.2 Å². The summed E-state index contributed by atoms with van der Waals surface area (Å²) in [7, 11) is 3.30. The SMILES string of the molecule is COCCOCc1ccc(CN)c(OC)c1. The third-order valence-corrected chi connectivity index (χ3v) is 2.27. The number of methoxy groups -OCH3 is 2. The van der Waals surface area contributed by atoms with Crippen LogP contribution in [-0.2, 0) is 22.6 Å². The summed E-state index contributed by atoms with van der Waals surface area (Å²) < 4.78 is 15.6. The molecule has 0 fully saturated rings. The summed E-state index contributed by atoms with van der Waals surface area (Å²) in [4.78, 5) is 0. The van der Waals surface area contributed by atoms with Crippen LogP contribution in [0.3, 0.4) is 0 Å². The van der Waals surface area contributed by atoms with Crippen molar-refractivity contribution in [3.63, 3.8) is 0 Å². The van der Waals surface area contributed by atoms with E-state index < -0.39 is 0 Å². The van der Waals surface area contributed by atoms with Crippen molar-refractivity contribution in [3.05, 3.63) is 29.3 Å². The predicted octanol–water partition coefficient (Wildman–Crippen LogP) is 1.32. The van der Waals surface area contributed by atoms with E-state index in [0.717, 1.165) is 16.9 Å². The second-order valence-corrected chi connectivity index (χ2v) is 3.40. The molecule has 0 saturated carbocycles. The molecular weight excluding hydrogens is 206 g/mol. The van der Waals surface area contributed by atoms with Crippen molar-refractivity contribution >= 4 is 0 Å². The van der Waals surface area contributed by atoms with Crippen LogP contribution in [0.5, 0.6) is 5.75 Å². The van der Waals surface area contributed by atoms with Gasteiger partial charge in [-0.2, -0.15) is 0 Å². The van der Waals surface area contributed by atoms with E-state index in [1.807, 2.05) is 18.2 Å². The molecule has 0 spiro atoms. The Bertz CT molecular complexity index is 315. The monoisotopic (exact) mass is 225 g/mol. The molecule has 16 heavy (non-hydrogen) atoms. The van der Waals surface area contributed by atoms with Gasteiger partial charge in [-0.25, -0.2) is 0 Å². The second kappa shape index (κ2) is 7.22. The number of nitrogens with two attached hydrogens (primary N) is 1. The lowest BCUT2D eigenvalue weighted by Gasteiger charge is -2.09. The highest BCUT2D eigenvalue weighted by Crippen LogP contribution is 2.20. The maximum Gasteiger partial charge on any atom is 0.123 e. The zero-order valence-electron chi connectivity index (χ0n) is 9.86. The molecule has 0 atom stereocenters. The van der Waals surface area contributed by atoms with E-state index in [1.54, 1.807) is 14.2 Å². The highest BCUT2D eigenvalue weighted by molar-refractivity contribution is 5.37. The Morgan fingerprint density at radius 3 is 2.62 bits per heavy atom. The minimum atomic E-state index is 0.480. The van der Waals surface area contributed by atoms with E-state index in [9.17, 15) is 0 Å². The molecule has 0 amide bonds. The summed E-state index contributed by atoms with van der Waals surface area (Å²) in [5.41, 5.74) is 7.67. The van der Waals surface area contributed by atoms with Crippen molar-refractivity contribution in [3.8, 4) is 5.75 Å². The summed E-state index contributed by atoms with van der Waals surface area (Å²) in [6.45, 7) is 2.24. The smallest absolute Gasteiger partial charge is 0.123 e. The van der Waals surface area contributed by atoms with E-state index in [2.05, 4.69) is 0 Å². The van der Waals surface area contributed by atoms with Gasteiger partial charge >= 0.3 is 0 Å². The fraction of sp³-hybridized carbons (Fsp3) is 0.500. The summed E-state index contributed by atoms with van der Waals surface area (Å²) >= 11 is 0. The fourth-order valence-electron chi connectivity index (χ4n) is 1.38. The van der Waals surface area contributed by atoms with Crippen LogP contribution < -0.4 is 10.5 Å². The molecule has 4 heteroatoms. The predicted molar refractivity (Wildman–Crippen MR) is 62.4 cm³/mol. The summed E-state index contributed by atoms with van der Waals surface area (Å²) in [5.74, 6) is 0.815. The molecule has 2 N–H and O–H groups in total. The van der Waals surface area contributed by atoms with Crippen molar-refractivity contribution in [2.75, 3.05) is 27.4 Å². The summed E-state index contributed by atoms with van der Waals surface area (Å²) in [6.07, 6.45) is 0. The van der Waals surface area contributed by atoms with Gasteiger partial charge in [0.15, 0.2) is 0 Å². The van der Waals surface area contributed by atoms with Gasteiger partial charge in [-0.3, -0.25) is 0 Å². The number of ether oxygens (including phenoxy) is 3. The van der Waals surface area contributed by atoms with Crippen LogP contribution in [0, 0.1) is 0 Å². The minimum absolute atomic E-state index is 0.480. The van der Waals surface area contributed by atoms with E-state index >= 15 is 0 Å². The molecule has 0 aliphatic heterocycles. The lowest BCUT2D eigenvalue weighted by Crippen LogP contribution is -2.03. The van der Waals surface area contributed by atoms with Crippen molar-refractivity contribution in [1.29, 1.82) is 0 Å². The average molecular weight is 225 g/mol. The van der Waals surface area contributed by atoms with Crippen molar-refractivity contribution in [1.82, 2.24) is 0 Å². The molecule has 0 heterocycles. The number of hydrogen-bond acceptors (Lipinski definition) is 4. The van der Waals surface area contributed by atoms with E-state index in [0.29, 0.717) is 26.4 Å². The highest BCUT2D eigenvalue weighted by Gasteiger charge is 2.02. The first-order chi connectivity index (χ1) is 7.81. The quantitative estimate of drug-likeness (QED) is 0.711. The minimum Gasteiger partial charge on any atom is -0.496 e. The molecule has 1 aromatic carbocycles. The van der Waals surface area contributed by atoms with Gasteiger partial charge in [-0.1, -0.05) is 12.1 Å². The topological polar surface area (TPSA) is 53.7 Å². The lowest BCUT2D eigenvalue weighted by atomic mass is 10.1. The maximum atomic E-state index is 5.59. The van der Waals surface area contributed by atoms with E-state index in [-0.39, 0.29) is 0 Å². The van der Waals surface area contributed by atoms with Gasteiger partial charge in [0.25, 0.3) is 0 Å². The molecule has 0 aliphatic rings. The van der Waals surface area contributed by atoms with E-state index in [1.165, 1.54) is 0 Å². The van der Waals surface area contributed by atoms with Crippen molar-refractivity contribution in [2.45, 2.75) is 13.2 Å². The second-order valence-electron chi connectivity index (χ2n) is 3.40. The third-order valence-electron chi connectivity index (χ3n) is 2.27. The zero-order chi connectivity index (χ0) is 11.8. The highest BCUT2D eigenvalue weighted by atomic mass is 16.5. The number of hydrogen-bond donors (Lipinski definition) is 1. The van der Waals surface area contributed by atoms with Gasteiger partial charge in [0.1, 0.15) is 5.75 Å². The zero-order valence-corrected chi connectivity index (χ0v) is 9.86.